The topological polar surface area (TPSA) is 51.7 Å². The second kappa shape index (κ2) is 6.97. The van der Waals surface area contributed by atoms with E-state index in [9.17, 15) is 4.79 Å². The molecule has 3 aliphatic heterocycles. The van der Waals surface area contributed by atoms with Crippen LogP contribution < -0.4 is 10.2 Å². The number of piperidine rings is 1. The van der Waals surface area contributed by atoms with Gasteiger partial charge in [0.1, 0.15) is 5.82 Å². The van der Waals surface area contributed by atoms with E-state index in [1.807, 2.05) is 11.1 Å². The van der Waals surface area contributed by atoms with Gasteiger partial charge in [-0.2, -0.15) is 0 Å². The quantitative estimate of drug-likeness (QED) is 0.913. The summed E-state index contributed by atoms with van der Waals surface area (Å²) in [5.41, 5.74) is 1.27. The van der Waals surface area contributed by atoms with E-state index in [-0.39, 0.29) is 6.03 Å². The Hall–Kier alpha value is -1.82. The van der Waals surface area contributed by atoms with Gasteiger partial charge < -0.3 is 15.1 Å². The highest BCUT2D eigenvalue weighted by Crippen LogP contribution is 2.21. The first-order chi connectivity index (χ1) is 11.8. The average Bonchev–Trinajstić information content (AvgIpc) is 3.27. The van der Waals surface area contributed by atoms with Crippen LogP contribution in [0.25, 0.3) is 0 Å². The predicted molar refractivity (Wildman–Crippen MR) is 94.1 cm³/mol. The zero-order valence-electron chi connectivity index (χ0n) is 14.3. The number of anilines is 1. The van der Waals surface area contributed by atoms with E-state index in [1.165, 1.54) is 18.4 Å². The highest BCUT2D eigenvalue weighted by atomic mass is 16.2. The van der Waals surface area contributed by atoms with Gasteiger partial charge in [0.25, 0.3) is 0 Å². The Kier molecular flexibility index (Phi) is 4.56. The molecule has 0 aromatic carbocycles. The van der Waals surface area contributed by atoms with Gasteiger partial charge in [-0.05, 0) is 43.9 Å². The molecule has 3 fully saturated rings. The zero-order chi connectivity index (χ0) is 16.4. The second-order valence-electron chi connectivity index (χ2n) is 7.18. The Balaban J connectivity index is 1.35. The van der Waals surface area contributed by atoms with Crippen molar-refractivity contribution < 1.29 is 4.79 Å². The van der Waals surface area contributed by atoms with Gasteiger partial charge in [0.2, 0.25) is 0 Å². The van der Waals surface area contributed by atoms with Crippen molar-refractivity contribution in [3.05, 3.63) is 23.9 Å². The lowest BCUT2D eigenvalue weighted by Gasteiger charge is -2.37. The number of carbonyl (C=O) groups is 1. The lowest BCUT2D eigenvalue weighted by molar-refractivity contribution is 0.122. The molecular weight excluding hydrogens is 302 g/mol. The van der Waals surface area contributed by atoms with Crippen molar-refractivity contribution in [1.29, 1.82) is 0 Å². The van der Waals surface area contributed by atoms with Crippen molar-refractivity contribution in [1.82, 2.24) is 20.1 Å². The number of urea groups is 1. The molecule has 130 valence electrons. The number of nitrogens with zero attached hydrogens (tertiary/aromatic N) is 4. The Morgan fingerprint density at radius 1 is 1.12 bits per heavy atom. The van der Waals surface area contributed by atoms with Crippen LogP contribution >= 0.6 is 0 Å². The second-order valence-corrected chi connectivity index (χ2v) is 7.18. The summed E-state index contributed by atoms with van der Waals surface area (Å²) in [5.74, 6) is 1.11. The van der Waals surface area contributed by atoms with Gasteiger partial charge in [-0.1, -0.05) is 6.07 Å². The number of carbonyl (C=O) groups excluding carboxylic acids is 1. The molecule has 0 radical (unpaired) electrons. The van der Waals surface area contributed by atoms with Crippen LogP contribution in [-0.2, 0) is 6.54 Å². The molecule has 4 rings (SSSR count). The summed E-state index contributed by atoms with van der Waals surface area (Å²) in [5, 5.41) is 2.92. The molecule has 3 saturated heterocycles. The average molecular weight is 329 g/mol. The van der Waals surface area contributed by atoms with Crippen LogP contribution in [-0.4, -0.2) is 66.1 Å². The first-order valence-electron chi connectivity index (χ1n) is 9.26. The summed E-state index contributed by atoms with van der Waals surface area (Å²) in [6, 6.07) is 4.85. The van der Waals surface area contributed by atoms with Crippen molar-refractivity contribution >= 4 is 11.8 Å². The van der Waals surface area contributed by atoms with Crippen molar-refractivity contribution in [2.45, 2.75) is 38.3 Å². The Morgan fingerprint density at radius 3 is 2.71 bits per heavy atom. The van der Waals surface area contributed by atoms with Crippen LogP contribution in [0.1, 0.15) is 31.2 Å². The Labute approximate surface area is 143 Å². The number of hydrogen-bond donors (Lipinski definition) is 1. The molecule has 1 aromatic heterocycles. The number of hydrogen-bond acceptors (Lipinski definition) is 4. The monoisotopic (exact) mass is 329 g/mol. The van der Waals surface area contributed by atoms with E-state index in [0.29, 0.717) is 6.04 Å². The first kappa shape index (κ1) is 15.7. The molecule has 2 amide bonds. The lowest BCUT2D eigenvalue weighted by atomic mass is 10.0. The van der Waals surface area contributed by atoms with Crippen molar-refractivity contribution in [3.63, 3.8) is 0 Å². The predicted octanol–water partition coefficient (Wildman–Crippen LogP) is 1.67. The van der Waals surface area contributed by atoms with E-state index < -0.39 is 0 Å². The smallest absolute Gasteiger partial charge is 0.317 e. The lowest BCUT2D eigenvalue weighted by Crippen LogP contribution is -2.48. The molecule has 0 spiro atoms. The molecule has 6 nitrogen and oxygen atoms in total. The minimum absolute atomic E-state index is 0.110. The van der Waals surface area contributed by atoms with Crippen molar-refractivity contribution in [2.75, 3.05) is 44.2 Å². The van der Waals surface area contributed by atoms with E-state index >= 15 is 0 Å². The maximum Gasteiger partial charge on any atom is 0.317 e. The zero-order valence-corrected chi connectivity index (χ0v) is 14.3. The third kappa shape index (κ3) is 3.34. The van der Waals surface area contributed by atoms with Gasteiger partial charge in [-0.25, -0.2) is 9.78 Å². The maximum atomic E-state index is 11.9. The number of amides is 2. The highest BCUT2D eigenvalue weighted by Gasteiger charge is 2.31. The summed E-state index contributed by atoms with van der Waals surface area (Å²) >= 11 is 0. The fourth-order valence-electron chi connectivity index (χ4n) is 4.17. The van der Waals surface area contributed by atoms with Crippen LogP contribution in [0.5, 0.6) is 0 Å². The van der Waals surface area contributed by atoms with E-state index in [4.69, 9.17) is 0 Å². The molecule has 1 N–H and O–H groups in total. The number of rotatable bonds is 4. The standard InChI is InChI=1S/C18H27N5O/c24-18-19-7-11-23(18)16-4-3-8-21(14-16)13-15-5-6-17(20-12-15)22-9-1-2-10-22/h5-6,12,16H,1-4,7-11,13-14H2,(H,19,24). The third-order valence-corrected chi connectivity index (χ3v) is 5.46. The summed E-state index contributed by atoms with van der Waals surface area (Å²) < 4.78 is 0. The molecule has 1 unspecified atom stereocenters. The van der Waals surface area contributed by atoms with Crippen molar-refractivity contribution in [2.24, 2.45) is 0 Å². The number of pyridine rings is 1. The molecule has 0 aliphatic carbocycles. The van der Waals surface area contributed by atoms with Crippen molar-refractivity contribution in [3.8, 4) is 0 Å². The van der Waals surface area contributed by atoms with E-state index in [2.05, 4.69) is 32.2 Å². The maximum absolute atomic E-state index is 11.9. The molecule has 0 saturated carbocycles. The summed E-state index contributed by atoms with van der Waals surface area (Å²) in [7, 11) is 0. The first-order valence-corrected chi connectivity index (χ1v) is 9.26. The minimum atomic E-state index is 0.110. The van der Waals surface area contributed by atoms with Crippen LogP contribution in [0.4, 0.5) is 10.6 Å². The normalized spacial score (nSPS) is 25.3. The highest BCUT2D eigenvalue weighted by molar-refractivity contribution is 5.76. The van der Waals surface area contributed by atoms with Gasteiger partial charge in [0, 0.05) is 51.5 Å². The van der Waals surface area contributed by atoms with E-state index in [0.717, 1.165) is 64.5 Å². The summed E-state index contributed by atoms with van der Waals surface area (Å²) in [4.78, 5) is 23.4. The minimum Gasteiger partial charge on any atom is -0.357 e. The number of aromatic nitrogens is 1. The molecule has 3 aliphatic rings. The van der Waals surface area contributed by atoms with Gasteiger partial charge in [-0.3, -0.25) is 4.90 Å². The molecule has 0 bridgehead atoms. The third-order valence-electron chi connectivity index (χ3n) is 5.46. The van der Waals surface area contributed by atoms with Gasteiger partial charge in [0.15, 0.2) is 0 Å². The van der Waals surface area contributed by atoms with E-state index in [1.54, 1.807) is 0 Å². The van der Waals surface area contributed by atoms with Crippen LogP contribution in [0.3, 0.4) is 0 Å². The van der Waals surface area contributed by atoms with Crippen LogP contribution in [0.15, 0.2) is 18.3 Å². The molecule has 4 heterocycles. The van der Waals surface area contributed by atoms with Gasteiger partial charge >= 0.3 is 6.03 Å². The van der Waals surface area contributed by atoms with Gasteiger partial charge in [0.05, 0.1) is 0 Å². The number of nitrogens with one attached hydrogen (secondary N) is 1. The molecule has 1 atom stereocenters. The molecule has 1 aromatic rings. The van der Waals surface area contributed by atoms with Crippen LogP contribution in [0.2, 0.25) is 0 Å². The molecule has 6 heteroatoms. The summed E-state index contributed by atoms with van der Waals surface area (Å²) in [6.07, 6.45) is 6.87. The molecular formula is C18H27N5O. The molecule has 24 heavy (non-hydrogen) atoms. The SMILES string of the molecule is O=C1NCCN1C1CCCN(Cc2ccc(N3CCCC3)nc2)C1. The summed E-state index contributed by atoms with van der Waals surface area (Å²) in [6.45, 7) is 6.93. The largest absolute Gasteiger partial charge is 0.357 e. The Bertz CT molecular complexity index is 569. The van der Waals surface area contributed by atoms with Gasteiger partial charge in [-0.15, -0.1) is 0 Å². The fourth-order valence-corrected chi connectivity index (χ4v) is 4.17. The number of likely N-dealkylation sites (tertiary alicyclic amines) is 1. The van der Waals surface area contributed by atoms with Crippen LogP contribution in [0, 0.1) is 0 Å². The Morgan fingerprint density at radius 2 is 2.00 bits per heavy atom. The fraction of sp³-hybridized carbons (Fsp3) is 0.667.